The lowest BCUT2D eigenvalue weighted by molar-refractivity contribution is -0.110. The standard InChI is InChI=1S/C22H44O4SSi2/c1-10-29(11-2,12-3)26-20(18(4)25-28(8,9)21(5,6)7)22(15-13-17-23)16-14-19(24)27-22/h17-18,20H,10-16H2,1-9H3/t18-,20-,22+/m0/s1. The van der Waals surface area contributed by atoms with Gasteiger partial charge < -0.3 is 13.6 Å². The van der Waals surface area contributed by atoms with Crippen molar-refractivity contribution >= 4 is 39.8 Å². The van der Waals surface area contributed by atoms with Crippen LogP contribution in [0.15, 0.2) is 0 Å². The van der Waals surface area contributed by atoms with Crippen molar-refractivity contribution in [3.05, 3.63) is 0 Å². The molecule has 0 bridgehead atoms. The van der Waals surface area contributed by atoms with Gasteiger partial charge in [0.1, 0.15) is 6.29 Å². The third-order valence-electron chi connectivity index (χ3n) is 7.30. The highest BCUT2D eigenvalue weighted by Crippen LogP contribution is 2.50. The minimum Gasteiger partial charge on any atom is -0.412 e. The van der Waals surface area contributed by atoms with E-state index >= 15 is 0 Å². The Bertz CT molecular complexity index is 549. The molecule has 0 aliphatic carbocycles. The number of hydrogen-bond donors (Lipinski definition) is 0. The van der Waals surface area contributed by atoms with Crippen LogP contribution in [0.3, 0.4) is 0 Å². The van der Waals surface area contributed by atoms with E-state index in [1.807, 2.05) is 0 Å². The molecule has 0 aromatic carbocycles. The molecule has 0 N–H and O–H groups in total. The van der Waals surface area contributed by atoms with Crippen LogP contribution in [-0.2, 0) is 18.4 Å². The van der Waals surface area contributed by atoms with Crippen LogP contribution in [0.5, 0.6) is 0 Å². The van der Waals surface area contributed by atoms with Gasteiger partial charge in [0, 0.05) is 12.8 Å². The summed E-state index contributed by atoms with van der Waals surface area (Å²) < 4.78 is 13.6. The summed E-state index contributed by atoms with van der Waals surface area (Å²) in [6, 6.07) is 3.18. The average Bonchev–Trinajstić information content (AvgIpc) is 3.02. The van der Waals surface area contributed by atoms with Gasteiger partial charge in [0.15, 0.2) is 21.8 Å². The van der Waals surface area contributed by atoms with Crippen LogP contribution in [0.1, 0.15) is 74.1 Å². The Kier molecular flexibility index (Phi) is 9.87. The molecule has 0 unspecified atom stereocenters. The first-order chi connectivity index (χ1) is 13.3. The Morgan fingerprint density at radius 1 is 1.14 bits per heavy atom. The maximum Gasteiger partial charge on any atom is 0.192 e. The molecule has 29 heavy (non-hydrogen) atoms. The fourth-order valence-corrected chi connectivity index (χ4v) is 9.95. The van der Waals surface area contributed by atoms with Gasteiger partial charge in [-0.15, -0.1) is 0 Å². The Hall–Kier alpha value is 0.0438. The van der Waals surface area contributed by atoms with E-state index in [0.717, 1.165) is 30.8 Å². The predicted octanol–water partition coefficient (Wildman–Crippen LogP) is 6.56. The van der Waals surface area contributed by atoms with Crippen molar-refractivity contribution in [3.63, 3.8) is 0 Å². The molecule has 3 atom stereocenters. The number of carbonyl (C=O) groups excluding carboxylic acids is 2. The lowest BCUT2D eigenvalue weighted by Crippen LogP contribution is -2.56. The molecule has 0 saturated carbocycles. The fraction of sp³-hybridized carbons (Fsp3) is 0.909. The first-order valence-electron chi connectivity index (χ1n) is 11.3. The van der Waals surface area contributed by atoms with E-state index < -0.39 is 16.6 Å². The average molecular weight is 461 g/mol. The normalized spacial score (nSPS) is 23.3. The molecule has 0 radical (unpaired) electrons. The molecule has 0 amide bonds. The van der Waals surface area contributed by atoms with Gasteiger partial charge in [0.25, 0.3) is 0 Å². The van der Waals surface area contributed by atoms with Crippen LogP contribution in [0.25, 0.3) is 0 Å². The van der Waals surface area contributed by atoms with Gasteiger partial charge in [-0.05, 0) is 56.0 Å². The zero-order chi connectivity index (χ0) is 22.5. The molecular formula is C22H44O4SSi2. The van der Waals surface area contributed by atoms with Crippen molar-refractivity contribution < 1.29 is 18.4 Å². The molecule has 0 aromatic rings. The molecule has 1 saturated heterocycles. The lowest BCUT2D eigenvalue weighted by Gasteiger charge is -2.48. The summed E-state index contributed by atoms with van der Waals surface area (Å²) >= 11 is 1.43. The number of hydrogen-bond acceptors (Lipinski definition) is 5. The Morgan fingerprint density at radius 2 is 1.69 bits per heavy atom. The second-order valence-electron chi connectivity index (χ2n) is 10.1. The van der Waals surface area contributed by atoms with Crippen LogP contribution in [0, 0.1) is 0 Å². The van der Waals surface area contributed by atoms with Gasteiger partial charge in [-0.2, -0.15) is 0 Å². The Morgan fingerprint density at radius 3 is 2.07 bits per heavy atom. The maximum absolute atomic E-state index is 12.4. The van der Waals surface area contributed by atoms with Crippen molar-refractivity contribution in [2.24, 2.45) is 0 Å². The number of thioether (sulfide) groups is 1. The van der Waals surface area contributed by atoms with Crippen molar-refractivity contribution in [1.29, 1.82) is 0 Å². The summed E-state index contributed by atoms with van der Waals surface area (Å²) in [5.74, 6) is 0. The van der Waals surface area contributed by atoms with Gasteiger partial charge in [0.05, 0.1) is 17.0 Å². The van der Waals surface area contributed by atoms with Crippen LogP contribution in [0.4, 0.5) is 0 Å². The quantitative estimate of drug-likeness (QED) is 0.244. The van der Waals surface area contributed by atoms with E-state index in [4.69, 9.17) is 8.85 Å². The molecule has 4 nitrogen and oxygen atoms in total. The summed E-state index contributed by atoms with van der Waals surface area (Å²) in [6.45, 7) is 20.1. The minimum absolute atomic E-state index is 0.0996. The third kappa shape index (κ3) is 6.51. The monoisotopic (exact) mass is 460 g/mol. The van der Waals surface area contributed by atoms with E-state index in [2.05, 4.69) is 61.6 Å². The Balaban J connectivity index is 3.36. The van der Waals surface area contributed by atoms with Gasteiger partial charge in [0.2, 0.25) is 0 Å². The molecule has 1 fully saturated rings. The Labute approximate surface area is 185 Å². The highest BCUT2D eigenvalue weighted by Gasteiger charge is 2.52. The van der Waals surface area contributed by atoms with Crippen molar-refractivity contribution in [3.8, 4) is 0 Å². The zero-order valence-electron chi connectivity index (χ0n) is 20.2. The van der Waals surface area contributed by atoms with Crippen LogP contribution < -0.4 is 0 Å². The number of rotatable bonds is 12. The number of carbonyl (C=O) groups is 2. The second-order valence-corrected chi connectivity index (χ2v) is 21.1. The van der Waals surface area contributed by atoms with Crippen LogP contribution in [-0.4, -0.2) is 45.0 Å². The van der Waals surface area contributed by atoms with E-state index in [1.54, 1.807) is 0 Å². The largest absolute Gasteiger partial charge is 0.412 e. The molecular weight excluding hydrogens is 416 g/mol. The minimum atomic E-state index is -2.00. The van der Waals surface area contributed by atoms with E-state index in [-0.39, 0.29) is 27.1 Å². The van der Waals surface area contributed by atoms with Gasteiger partial charge >= 0.3 is 0 Å². The van der Waals surface area contributed by atoms with Crippen molar-refractivity contribution in [1.82, 2.24) is 0 Å². The second kappa shape index (κ2) is 10.6. The molecule has 170 valence electrons. The number of aldehydes is 1. The van der Waals surface area contributed by atoms with Gasteiger partial charge in [-0.1, -0.05) is 53.3 Å². The first-order valence-corrected chi connectivity index (χ1v) is 17.6. The first kappa shape index (κ1) is 27.1. The lowest BCUT2D eigenvalue weighted by atomic mass is 9.89. The van der Waals surface area contributed by atoms with Crippen molar-refractivity contribution in [2.75, 3.05) is 0 Å². The van der Waals surface area contributed by atoms with Gasteiger partial charge in [-0.25, -0.2) is 0 Å². The summed E-state index contributed by atoms with van der Waals surface area (Å²) in [5, 5.41) is 0.329. The summed E-state index contributed by atoms with van der Waals surface area (Å²) in [4.78, 5) is 23.6. The van der Waals surface area contributed by atoms with Gasteiger partial charge in [-0.3, -0.25) is 4.79 Å². The molecule has 1 aliphatic heterocycles. The zero-order valence-corrected chi connectivity index (χ0v) is 23.0. The van der Waals surface area contributed by atoms with Crippen molar-refractivity contribution in [2.45, 2.75) is 127 Å². The van der Waals surface area contributed by atoms with E-state index in [9.17, 15) is 9.59 Å². The predicted molar refractivity (Wildman–Crippen MR) is 130 cm³/mol. The third-order valence-corrected chi connectivity index (χ3v) is 18.0. The molecule has 1 rings (SSSR count). The fourth-order valence-electron chi connectivity index (χ4n) is 4.07. The highest BCUT2D eigenvalue weighted by atomic mass is 32.2. The maximum atomic E-state index is 12.4. The smallest absolute Gasteiger partial charge is 0.192 e. The van der Waals surface area contributed by atoms with Crippen LogP contribution >= 0.6 is 11.8 Å². The molecule has 1 heterocycles. The summed E-state index contributed by atoms with van der Waals surface area (Å²) in [5.41, 5.74) is 0. The van der Waals surface area contributed by atoms with E-state index in [0.29, 0.717) is 19.3 Å². The summed E-state index contributed by atoms with van der Waals surface area (Å²) in [6.07, 6.45) is 3.22. The molecule has 7 heteroatoms. The molecule has 0 spiro atoms. The highest BCUT2D eigenvalue weighted by molar-refractivity contribution is 8.15. The topological polar surface area (TPSA) is 52.6 Å². The van der Waals surface area contributed by atoms with E-state index in [1.165, 1.54) is 11.8 Å². The SMILES string of the molecule is CC[Si](CC)(CC)O[C@@H]([C@H](C)O[Si](C)(C)C(C)(C)C)[C@@]1(CCC=O)CCC(=O)S1. The van der Waals surface area contributed by atoms with Crippen LogP contribution in [0.2, 0.25) is 36.3 Å². The molecule has 0 aromatic heterocycles. The summed E-state index contributed by atoms with van der Waals surface area (Å²) in [7, 11) is -3.91. The molecule has 1 aliphatic rings.